The van der Waals surface area contributed by atoms with E-state index in [1.807, 2.05) is 56.3 Å². The van der Waals surface area contributed by atoms with Gasteiger partial charge >= 0.3 is 0 Å². The standard InChI is InChI=1S/C23H26N2O3/c1-16-14-20(17(2)25(16)15-19-10-7-13-27-19)23(26)24-21-11-5-6-12-22(21)28-18-8-3-4-9-18/h5-7,10-14,18H,3-4,8-9,15H2,1-2H3,(H,24,26). The normalized spacial score (nSPS) is 14.4. The number of aromatic nitrogens is 1. The summed E-state index contributed by atoms with van der Waals surface area (Å²) in [4.78, 5) is 13.0. The average Bonchev–Trinajstić information content (AvgIpc) is 3.43. The Morgan fingerprint density at radius 3 is 2.71 bits per heavy atom. The lowest BCUT2D eigenvalue weighted by molar-refractivity contribution is 0.102. The van der Waals surface area contributed by atoms with Gasteiger partial charge < -0.3 is 19.0 Å². The molecule has 5 heteroatoms. The highest BCUT2D eigenvalue weighted by Gasteiger charge is 2.20. The van der Waals surface area contributed by atoms with Crippen LogP contribution in [0.1, 0.15) is 53.2 Å². The number of aryl methyl sites for hydroxylation is 1. The fourth-order valence-electron chi connectivity index (χ4n) is 3.88. The third-order valence-corrected chi connectivity index (χ3v) is 5.44. The minimum Gasteiger partial charge on any atom is -0.488 e. The maximum atomic E-state index is 13.0. The first-order valence-electron chi connectivity index (χ1n) is 9.88. The highest BCUT2D eigenvalue weighted by Crippen LogP contribution is 2.30. The quantitative estimate of drug-likeness (QED) is 0.631. The molecule has 2 aromatic heterocycles. The van der Waals surface area contributed by atoms with Crippen molar-refractivity contribution in [3.8, 4) is 5.75 Å². The lowest BCUT2D eigenvalue weighted by Gasteiger charge is -2.17. The van der Waals surface area contributed by atoms with Crippen LogP contribution >= 0.6 is 0 Å². The fourth-order valence-corrected chi connectivity index (χ4v) is 3.88. The Hall–Kier alpha value is -2.95. The van der Waals surface area contributed by atoms with Gasteiger partial charge in [0.15, 0.2) is 0 Å². The first-order chi connectivity index (χ1) is 13.6. The van der Waals surface area contributed by atoms with Gasteiger partial charge in [-0.2, -0.15) is 0 Å². The fraction of sp³-hybridized carbons (Fsp3) is 0.348. The molecule has 1 saturated carbocycles. The van der Waals surface area contributed by atoms with Crippen LogP contribution in [0.15, 0.2) is 53.1 Å². The largest absolute Gasteiger partial charge is 0.488 e. The number of hydrogen-bond donors (Lipinski definition) is 1. The van der Waals surface area contributed by atoms with Crippen molar-refractivity contribution in [3.05, 3.63) is 71.4 Å². The van der Waals surface area contributed by atoms with Gasteiger partial charge in [-0.1, -0.05) is 12.1 Å². The van der Waals surface area contributed by atoms with E-state index in [-0.39, 0.29) is 12.0 Å². The second kappa shape index (κ2) is 7.97. The van der Waals surface area contributed by atoms with E-state index in [9.17, 15) is 4.79 Å². The molecule has 1 fully saturated rings. The molecule has 0 bridgehead atoms. The molecule has 0 atom stereocenters. The van der Waals surface area contributed by atoms with E-state index >= 15 is 0 Å². The Morgan fingerprint density at radius 1 is 1.18 bits per heavy atom. The summed E-state index contributed by atoms with van der Waals surface area (Å²) < 4.78 is 13.7. The number of para-hydroxylation sites is 2. The van der Waals surface area contributed by atoms with Crippen LogP contribution in [0.4, 0.5) is 5.69 Å². The van der Waals surface area contributed by atoms with Crippen molar-refractivity contribution in [1.82, 2.24) is 4.57 Å². The molecule has 1 aromatic carbocycles. The number of ether oxygens (including phenoxy) is 1. The first kappa shape index (κ1) is 18.4. The van der Waals surface area contributed by atoms with Gasteiger partial charge in [-0.25, -0.2) is 0 Å². The van der Waals surface area contributed by atoms with Crippen LogP contribution in [0, 0.1) is 13.8 Å². The number of furan rings is 1. The van der Waals surface area contributed by atoms with Crippen LogP contribution in [-0.2, 0) is 6.54 Å². The number of hydrogen-bond acceptors (Lipinski definition) is 3. The Bertz CT molecular complexity index is 950. The molecule has 1 amide bonds. The van der Waals surface area contributed by atoms with Crippen molar-refractivity contribution in [2.24, 2.45) is 0 Å². The molecule has 0 radical (unpaired) electrons. The lowest BCUT2D eigenvalue weighted by atomic mass is 10.2. The molecule has 5 nitrogen and oxygen atoms in total. The minimum atomic E-state index is -0.124. The predicted molar refractivity (Wildman–Crippen MR) is 109 cm³/mol. The molecule has 0 aliphatic heterocycles. The zero-order valence-electron chi connectivity index (χ0n) is 16.4. The molecule has 28 heavy (non-hydrogen) atoms. The maximum absolute atomic E-state index is 13.0. The van der Waals surface area contributed by atoms with Gasteiger partial charge in [0.2, 0.25) is 0 Å². The Labute approximate surface area is 165 Å². The summed E-state index contributed by atoms with van der Waals surface area (Å²) in [6.07, 6.45) is 6.49. The second-order valence-corrected chi connectivity index (χ2v) is 7.42. The van der Waals surface area contributed by atoms with Crippen molar-refractivity contribution in [2.45, 2.75) is 52.2 Å². The van der Waals surface area contributed by atoms with E-state index < -0.39 is 0 Å². The van der Waals surface area contributed by atoms with Crippen LogP contribution in [0.2, 0.25) is 0 Å². The van der Waals surface area contributed by atoms with Crippen LogP contribution in [-0.4, -0.2) is 16.6 Å². The molecule has 1 N–H and O–H groups in total. The van der Waals surface area contributed by atoms with E-state index in [0.717, 1.165) is 41.4 Å². The van der Waals surface area contributed by atoms with Crippen molar-refractivity contribution in [2.75, 3.05) is 5.32 Å². The van der Waals surface area contributed by atoms with Gasteiger partial charge in [0.05, 0.1) is 30.2 Å². The Morgan fingerprint density at radius 2 is 1.96 bits per heavy atom. The van der Waals surface area contributed by atoms with Crippen molar-refractivity contribution in [1.29, 1.82) is 0 Å². The van der Waals surface area contributed by atoms with Crippen molar-refractivity contribution < 1.29 is 13.9 Å². The smallest absolute Gasteiger partial charge is 0.257 e. The number of benzene rings is 1. The van der Waals surface area contributed by atoms with E-state index in [4.69, 9.17) is 9.15 Å². The van der Waals surface area contributed by atoms with Gasteiger partial charge in [0.1, 0.15) is 11.5 Å². The molecule has 0 spiro atoms. The van der Waals surface area contributed by atoms with E-state index in [1.165, 1.54) is 12.8 Å². The third-order valence-electron chi connectivity index (χ3n) is 5.44. The molecular formula is C23H26N2O3. The molecule has 0 saturated heterocycles. The van der Waals surface area contributed by atoms with E-state index in [0.29, 0.717) is 12.1 Å². The number of anilines is 1. The maximum Gasteiger partial charge on any atom is 0.257 e. The molecule has 3 aromatic rings. The summed E-state index contributed by atoms with van der Waals surface area (Å²) in [5.74, 6) is 1.48. The van der Waals surface area contributed by atoms with E-state index in [2.05, 4.69) is 9.88 Å². The SMILES string of the molecule is Cc1cc(C(=O)Nc2ccccc2OC2CCCC2)c(C)n1Cc1ccco1. The highest BCUT2D eigenvalue weighted by molar-refractivity contribution is 6.06. The van der Waals surface area contributed by atoms with Gasteiger partial charge in [0.25, 0.3) is 5.91 Å². The summed E-state index contributed by atoms with van der Waals surface area (Å²) in [6, 6.07) is 13.4. The third kappa shape index (κ3) is 3.84. The monoisotopic (exact) mass is 378 g/mol. The zero-order valence-corrected chi connectivity index (χ0v) is 16.4. The van der Waals surface area contributed by atoms with Crippen LogP contribution in [0.25, 0.3) is 0 Å². The number of nitrogens with zero attached hydrogens (tertiary/aromatic N) is 1. The number of amides is 1. The summed E-state index contributed by atoms with van der Waals surface area (Å²) in [7, 11) is 0. The van der Waals surface area contributed by atoms with E-state index in [1.54, 1.807) is 6.26 Å². The van der Waals surface area contributed by atoms with Gasteiger partial charge in [-0.05, 0) is 69.9 Å². The summed E-state index contributed by atoms with van der Waals surface area (Å²) in [5.41, 5.74) is 3.32. The Kier molecular flexibility index (Phi) is 5.24. The summed E-state index contributed by atoms with van der Waals surface area (Å²) in [5, 5.41) is 3.04. The molecule has 1 aliphatic carbocycles. The molecular weight excluding hydrogens is 352 g/mol. The highest BCUT2D eigenvalue weighted by atomic mass is 16.5. The molecule has 146 valence electrons. The Balaban J connectivity index is 1.53. The topological polar surface area (TPSA) is 56.4 Å². The van der Waals surface area contributed by atoms with Crippen LogP contribution in [0.3, 0.4) is 0 Å². The number of nitrogens with one attached hydrogen (secondary N) is 1. The molecule has 4 rings (SSSR count). The lowest BCUT2D eigenvalue weighted by Crippen LogP contribution is -2.16. The molecule has 0 unspecified atom stereocenters. The summed E-state index contributed by atoms with van der Waals surface area (Å²) in [6.45, 7) is 4.58. The van der Waals surface area contributed by atoms with Gasteiger partial charge in [0, 0.05) is 11.4 Å². The van der Waals surface area contributed by atoms with Crippen molar-refractivity contribution >= 4 is 11.6 Å². The first-order valence-corrected chi connectivity index (χ1v) is 9.88. The van der Waals surface area contributed by atoms with Crippen LogP contribution in [0.5, 0.6) is 5.75 Å². The molecule has 2 heterocycles. The predicted octanol–water partition coefficient (Wildman–Crippen LogP) is 5.32. The van der Waals surface area contributed by atoms with Gasteiger partial charge in [-0.3, -0.25) is 4.79 Å². The van der Waals surface area contributed by atoms with Crippen molar-refractivity contribution in [3.63, 3.8) is 0 Å². The zero-order chi connectivity index (χ0) is 19.5. The number of carbonyl (C=O) groups is 1. The number of carbonyl (C=O) groups excluding carboxylic acids is 1. The summed E-state index contributed by atoms with van der Waals surface area (Å²) >= 11 is 0. The molecule has 1 aliphatic rings. The minimum absolute atomic E-state index is 0.124. The van der Waals surface area contributed by atoms with Crippen LogP contribution < -0.4 is 10.1 Å². The average molecular weight is 378 g/mol. The number of rotatable bonds is 6. The van der Waals surface area contributed by atoms with Gasteiger partial charge in [-0.15, -0.1) is 0 Å². The second-order valence-electron chi connectivity index (χ2n) is 7.42.